The molecule has 168 valence electrons. The predicted molar refractivity (Wildman–Crippen MR) is 127 cm³/mol. The Morgan fingerprint density at radius 2 is 1.88 bits per heavy atom. The molecule has 2 heterocycles. The first-order valence-electron chi connectivity index (χ1n) is 11.1. The maximum absolute atomic E-state index is 12.0. The van der Waals surface area contributed by atoms with Crippen LogP contribution in [0, 0.1) is 0 Å². The molecule has 32 heavy (non-hydrogen) atoms. The Labute approximate surface area is 189 Å². The topological polar surface area (TPSA) is 55.7 Å². The molecular weight excluding hydrogens is 402 g/mol. The zero-order chi connectivity index (χ0) is 22.3. The molecule has 6 nitrogen and oxygen atoms in total. The third kappa shape index (κ3) is 5.58. The van der Waals surface area contributed by atoms with Crippen molar-refractivity contribution in [2.24, 2.45) is 0 Å². The third-order valence-electron chi connectivity index (χ3n) is 5.86. The number of nitrogens with zero attached hydrogens (tertiary/aromatic N) is 2. The number of hydrogen-bond donors (Lipinski definition) is 1. The molecule has 0 spiro atoms. The number of benzene rings is 2. The minimum atomic E-state index is 0.00487. The minimum absolute atomic E-state index is 0.00487. The fraction of sp³-hybridized carbons (Fsp3) is 0.346. The molecule has 1 fully saturated rings. The number of aromatic nitrogens is 1. The zero-order valence-corrected chi connectivity index (χ0v) is 18.8. The average Bonchev–Trinajstić information content (AvgIpc) is 2.81. The van der Waals surface area contributed by atoms with E-state index in [1.54, 1.807) is 23.8 Å². The van der Waals surface area contributed by atoms with Crippen LogP contribution in [0.4, 0.5) is 5.69 Å². The van der Waals surface area contributed by atoms with E-state index in [0.29, 0.717) is 6.54 Å². The highest BCUT2D eigenvalue weighted by Crippen LogP contribution is 2.27. The lowest BCUT2D eigenvalue weighted by atomic mass is 10.0. The van der Waals surface area contributed by atoms with Crippen LogP contribution in [-0.2, 0) is 17.8 Å². The van der Waals surface area contributed by atoms with Gasteiger partial charge in [0.1, 0.15) is 5.75 Å². The number of nitrogens with one attached hydrogen (secondary N) is 1. The van der Waals surface area contributed by atoms with Gasteiger partial charge >= 0.3 is 0 Å². The second-order valence-corrected chi connectivity index (χ2v) is 8.19. The van der Waals surface area contributed by atoms with E-state index in [1.165, 1.54) is 11.1 Å². The van der Waals surface area contributed by atoms with Crippen LogP contribution in [-0.4, -0.2) is 42.9 Å². The summed E-state index contributed by atoms with van der Waals surface area (Å²) in [6.45, 7) is 7.02. The molecule has 0 bridgehead atoms. The van der Waals surface area contributed by atoms with Gasteiger partial charge < -0.3 is 19.4 Å². The predicted octanol–water partition coefficient (Wildman–Crippen LogP) is 3.91. The van der Waals surface area contributed by atoms with E-state index >= 15 is 0 Å². The van der Waals surface area contributed by atoms with Crippen molar-refractivity contribution in [1.29, 1.82) is 0 Å². The van der Waals surface area contributed by atoms with Crippen LogP contribution in [0.2, 0.25) is 0 Å². The molecule has 1 aliphatic heterocycles. The summed E-state index contributed by atoms with van der Waals surface area (Å²) in [7, 11) is 1.73. The number of morpholine rings is 1. The number of pyridine rings is 1. The van der Waals surface area contributed by atoms with Crippen LogP contribution in [0.15, 0.2) is 71.7 Å². The van der Waals surface area contributed by atoms with Crippen LogP contribution in [0.25, 0.3) is 0 Å². The van der Waals surface area contributed by atoms with Crippen LogP contribution < -0.4 is 15.6 Å². The van der Waals surface area contributed by atoms with Crippen molar-refractivity contribution in [3.05, 3.63) is 93.9 Å². The fourth-order valence-electron chi connectivity index (χ4n) is 4.07. The normalized spacial score (nSPS) is 15.3. The van der Waals surface area contributed by atoms with Crippen molar-refractivity contribution in [2.45, 2.75) is 26.1 Å². The van der Waals surface area contributed by atoms with Crippen LogP contribution in [0.1, 0.15) is 29.7 Å². The summed E-state index contributed by atoms with van der Waals surface area (Å²) in [5.41, 5.74) is 4.52. The van der Waals surface area contributed by atoms with E-state index in [2.05, 4.69) is 47.5 Å². The highest BCUT2D eigenvalue weighted by atomic mass is 16.5. The van der Waals surface area contributed by atoms with Crippen LogP contribution in [0.5, 0.6) is 5.75 Å². The van der Waals surface area contributed by atoms with E-state index in [0.717, 1.165) is 49.8 Å². The molecule has 4 rings (SSSR count). The molecule has 0 saturated carbocycles. The molecule has 1 aliphatic rings. The van der Waals surface area contributed by atoms with Crippen LogP contribution in [0.3, 0.4) is 0 Å². The van der Waals surface area contributed by atoms with Crippen molar-refractivity contribution in [3.8, 4) is 5.75 Å². The minimum Gasteiger partial charge on any atom is -0.496 e. The number of anilines is 1. The highest BCUT2D eigenvalue weighted by molar-refractivity contribution is 5.49. The van der Waals surface area contributed by atoms with Gasteiger partial charge in [-0.25, -0.2) is 0 Å². The second kappa shape index (κ2) is 10.5. The van der Waals surface area contributed by atoms with Gasteiger partial charge in [-0.3, -0.25) is 9.69 Å². The third-order valence-corrected chi connectivity index (χ3v) is 5.86. The van der Waals surface area contributed by atoms with E-state index < -0.39 is 0 Å². The van der Waals surface area contributed by atoms with E-state index in [1.807, 2.05) is 24.4 Å². The molecule has 0 aliphatic carbocycles. The Morgan fingerprint density at radius 1 is 1.03 bits per heavy atom. The van der Waals surface area contributed by atoms with Crippen LogP contribution >= 0.6 is 0 Å². The molecule has 2 aromatic carbocycles. The molecule has 0 radical (unpaired) electrons. The van der Waals surface area contributed by atoms with Gasteiger partial charge in [-0.05, 0) is 48.4 Å². The lowest BCUT2D eigenvalue weighted by Gasteiger charge is -2.27. The van der Waals surface area contributed by atoms with Gasteiger partial charge in [-0.2, -0.15) is 0 Å². The highest BCUT2D eigenvalue weighted by Gasteiger charge is 2.15. The molecule has 1 unspecified atom stereocenters. The Morgan fingerprint density at radius 3 is 2.66 bits per heavy atom. The first-order valence-corrected chi connectivity index (χ1v) is 11.1. The van der Waals surface area contributed by atoms with E-state index in [9.17, 15) is 4.79 Å². The second-order valence-electron chi connectivity index (χ2n) is 8.19. The average molecular weight is 434 g/mol. The number of rotatable bonds is 8. The summed E-state index contributed by atoms with van der Waals surface area (Å²) in [4.78, 5) is 14.4. The van der Waals surface area contributed by atoms with Crippen molar-refractivity contribution in [1.82, 2.24) is 9.47 Å². The van der Waals surface area contributed by atoms with E-state index in [4.69, 9.17) is 9.47 Å². The number of ether oxygens (including phenoxy) is 2. The van der Waals surface area contributed by atoms with Gasteiger partial charge in [0.15, 0.2) is 0 Å². The van der Waals surface area contributed by atoms with Gasteiger partial charge in [-0.15, -0.1) is 0 Å². The maximum atomic E-state index is 12.0. The smallest absolute Gasteiger partial charge is 0.250 e. The molecule has 6 heteroatoms. The Bertz CT molecular complexity index is 1090. The van der Waals surface area contributed by atoms with Gasteiger partial charge in [-0.1, -0.05) is 24.3 Å². The molecule has 1 N–H and O–H groups in total. The lowest BCUT2D eigenvalue weighted by Crippen LogP contribution is -2.35. The number of hydrogen-bond acceptors (Lipinski definition) is 5. The lowest BCUT2D eigenvalue weighted by molar-refractivity contribution is 0.0339. The summed E-state index contributed by atoms with van der Waals surface area (Å²) < 4.78 is 12.8. The summed E-state index contributed by atoms with van der Waals surface area (Å²) in [5.74, 6) is 0.919. The van der Waals surface area contributed by atoms with Crippen molar-refractivity contribution in [2.75, 3.05) is 38.7 Å². The molecule has 3 aromatic rings. The van der Waals surface area contributed by atoms with Crippen molar-refractivity contribution in [3.63, 3.8) is 0 Å². The fourth-order valence-corrected chi connectivity index (χ4v) is 4.07. The van der Waals surface area contributed by atoms with E-state index in [-0.39, 0.29) is 11.6 Å². The molecule has 1 atom stereocenters. The van der Waals surface area contributed by atoms with Gasteiger partial charge in [0.05, 0.1) is 26.9 Å². The maximum Gasteiger partial charge on any atom is 0.250 e. The molecule has 1 saturated heterocycles. The summed E-state index contributed by atoms with van der Waals surface area (Å²) >= 11 is 0. The Kier molecular flexibility index (Phi) is 7.24. The Hall–Kier alpha value is -3.09. The SMILES string of the molecule is COc1ccc(C(C)Nc2cccc(Cn3ccccc3=O)c2)cc1CN1CCOCC1. The van der Waals surface area contributed by atoms with Gasteiger partial charge in [0.2, 0.25) is 0 Å². The first-order chi connectivity index (χ1) is 15.6. The summed E-state index contributed by atoms with van der Waals surface area (Å²) in [5, 5.41) is 3.61. The van der Waals surface area contributed by atoms with Gasteiger partial charge in [0, 0.05) is 49.2 Å². The van der Waals surface area contributed by atoms with Crippen molar-refractivity contribution < 1.29 is 9.47 Å². The molecule has 1 aromatic heterocycles. The standard InChI is InChI=1S/C26H31N3O3/c1-20(22-9-10-25(31-2)23(17-22)19-28-12-14-32-15-13-28)27-24-7-5-6-21(16-24)18-29-11-4-3-8-26(29)30/h3-11,16-17,20,27H,12-15,18-19H2,1-2H3. The Balaban J connectivity index is 1.47. The quantitative estimate of drug-likeness (QED) is 0.584. The first kappa shape index (κ1) is 22.1. The largest absolute Gasteiger partial charge is 0.496 e. The van der Waals surface area contributed by atoms with Crippen molar-refractivity contribution >= 4 is 5.69 Å². The molecular formula is C26H31N3O3. The monoisotopic (exact) mass is 433 g/mol. The summed E-state index contributed by atoms with van der Waals surface area (Å²) in [6, 6.07) is 20.0. The number of methoxy groups -OCH3 is 1. The summed E-state index contributed by atoms with van der Waals surface area (Å²) in [6.07, 6.45) is 1.82. The molecule has 0 amide bonds. The zero-order valence-electron chi connectivity index (χ0n) is 18.8. The van der Waals surface area contributed by atoms with Gasteiger partial charge in [0.25, 0.3) is 5.56 Å².